The van der Waals surface area contributed by atoms with Crippen molar-refractivity contribution in [3.63, 3.8) is 0 Å². The molecule has 172 valence electrons. The summed E-state index contributed by atoms with van der Waals surface area (Å²) in [6.07, 6.45) is 2.25. The number of nitrogens with one attached hydrogen (secondary N) is 1. The third-order valence-electron chi connectivity index (χ3n) is 7.16. The van der Waals surface area contributed by atoms with Gasteiger partial charge in [0.1, 0.15) is 11.9 Å². The number of imide groups is 1. The Bertz CT molecular complexity index is 1120. The van der Waals surface area contributed by atoms with Gasteiger partial charge in [0.25, 0.3) is 5.91 Å². The normalized spacial score (nSPS) is 21.9. The number of piperidine rings is 2. The summed E-state index contributed by atoms with van der Waals surface area (Å²) in [6, 6.07) is 11.0. The fourth-order valence-electron chi connectivity index (χ4n) is 5.39. The maximum atomic E-state index is 15.1. The maximum Gasteiger partial charge on any atom is 0.255 e. The Balaban J connectivity index is 1.27. The molecule has 0 bridgehead atoms. The van der Waals surface area contributed by atoms with Gasteiger partial charge in [-0.15, -0.1) is 0 Å². The largest absolute Gasteiger partial charge is 0.322 e. The SMILES string of the molecule is Cc1cccc(CN2CCC(c3cc4c(cc3F)C(=O)N(C3CCC(=O)NC3=O)C4)CC2)c1. The zero-order valence-electron chi connectivity index (χ0n) is 18.8. The van der Waals surface area contributed by atoms with E-state index in [0.29, 0.717) is 17.5 Å². The van der Waals surface area contributed by atoms with Crippen molar-refractivity contribution in [1.82, 2.24) is 15.1 Å². The molecule has 6 nitrogen and oxygen atoms in total. The van der Waals surface area contributed by atoms with Crippen molar-refractivity contribution in [3.05, 3.63) is 70.0 Å². The number of aryl methyl sites for hydroxylation is 1. The van der Waals surface area contributed by atoms with Crippen LogP contribution in [-0.2, 0) is 22.7 Å². The van der Waals surface area contributed by atoms with Crippen molar-refractivity contribution in [1.29, 1.82) is 0 Å². The van der Waals surface area contributed by atoms with E-state index < -0.39 is 11.9 Å². The summed E-state index contributed by atoms with van der Waals surface area (Å²) in [7, 11) is 0. The third kappa shape index (κ3) is 4.29. The van der Waals surface area contributed by atoms with Crippen molar-refractivity contribution >= 4 is 17.7 Å². The number of hydrogen-bond acceptors (Lipinski definition) is 4. The van der Waals surface area contributed by atoms with Crippen molar-refractivity contribution in [2.45, 2.75) is 57.7 Å². The number of hydrogen-bond donors (Lipinski definition) is 1. The summed E-state index contributed by atoms with van der Waals surface area (Å²) in [6.45, 7) is 5.07. The summed E-state index contributed by atoms with van der Waals surface area (Å²) in [5, 5.41) is 2.30. The minimum absolute atomic E-state index is 0.115. The molecule has 2 saturated heterocycles. The van der Waals surface area contributed by atoms with E-state index in [1.54, 1.807) is 0 Å². The predicted octanol–water partition coefficient (Wildman–Crippen LogP) is 3.27. The standard InChI is InChI=1S/C26H28FN3O3/c1-16-3-2-4-17(11-16)14-29-9-7-18(8-10-29)20-12-19-15-30(26(33)21(19)13-22(20)27)23-5-6-24(31)28-25(23)32/h2-4,11-13,18,23H,5-10,14-15H2,1H3,(H,28,31,32). The molecule has 2 aromatic rings. The molecule has 0 aliphatic carbocycles. The first-order chi connectivity index (χ1) is 15.9. The van der Waals surface area contributed by atoms with E-state index in [1.165, 1.54) is 22.1 Å². The molecular weight excluding hydrogens is 421 g/mol. The molecule has 3 heterocycles. The number of fused-ring (bicyclic) bond motifs is 1. The van der Waals surface area contributed by atoms with Crippen LogP contribution in [0.15, 0.2) is 36.4 Å². The van der Waals surface area contributed by atoms with Gasteiger partial charge in [0.2, 0.25) is 11.8 Å². The lowest BCUT2D eigenvalue weighted by molar-refractivity contribution is -0.136. The van der Waals surface area contributed by atoms with Gasteiger partial charge in [-0.2, -0.15) is 0 Å². The summed E-state index contributed by atoms with van der Waals surface area (Å²) in [5.74, 6) is -1.33. The number of likely N-dealkylation sites (tertiary alicyclic amines) is 1. The zero-order valence-corrected chi connectivity index (χ0v) is 18.8. The minimum Gasteiger partial charge on any atom is -0.322 e. The fourth-order valence-corrected chi connectivity index (χ4v) is 5.39. The molecule has 0 aromatic heterocycles. The predicted molar refractivity (Wildman–Crippen MR) is 121 cm³/mol. The lowest BCUT2D eigenvalue weighted by Gasteiger charge is -2.32. The topological polar surface area (TPSA) is 69.7 Å². The van der Waals surface area contributed by atoms with Gasteiger partial charge in [-0.3, -0.25) is 24.6 Å². The highest BCUT2D eigenvalue weighted by molar-refractivity contribution is 6.05. The number of nitrogens with zero attached hydrogens (tertiary/aromatic N) is 2. The first-order valence-electron chi connectivity index (χ1n) is 11.6. The van der Waals surface area contributed by atoms with Crippen molar-refractivity contribution in [2.75, 3.05) is 13.1 Å². The number of carbonyl (C=O) groups excluding carboxylic acids is 3. The second-order valence-corrected chi connectivity index (χ2v) is 9.47. The third-order valence-corrected chi connectivity index (χ3v) is 7.16. The van der Waals surface area contributed by atoms with Crippen LogP contribution < -0.4 is 5.32 Å². The van der Waals surface area contributed by atoms with E-state index in [9.17, 15) is 14.4 Å². The van der Waals surface area contributed by atoms with Crippen LogP contribution >= 0.6 is 0 Å². The van der Waals surface area contributed by atoms with E-state index in [1.807, 2.05) is 6.07 Å². The molecule has 0 saturated carbocycles. The average molecular weight is 450 g/mol. The molecule has 0 radical (unpaired) electrons. The lowest BCUT2D eigenvalue weighted by atomic mass is 9.87. The van der Waals surface area contributed by atoms with Gasteiger partial charge in [-0.25, -0.2) is 4.39 Å². The number of rotatable bonds is 4. The molecule has 7 heteroatoms. The second kappa shape index (κ2) is 8.71. The smallest absolute Gasteiger partial charge is 0.255 e. The molecule has 1 unspecified atom stereocenters. The molecule has 3 aliphatic heterocycles. The molecule has 33 heavy (non-hydrogen) atoms. The van der Waals surface area contributed by atoms with Crippen LogP contribution in [0.25, 0.3) is 0 Å². The molecular formula is C26H28FN3O3. The Hall–Kier alpha value is -3.06. The second-order valence-electron chi connectivity index (χ2n) is 9.47. The Morgan fingerprint density at radius 3 is 2.58 bits per heavy atom. The summed E-state index contributed by atoms with van der Waals surface area (Å²) >= 11 is 0. The minimum atomic E-state index is -0.682. The van der Waals surface area contributed by atoms with E-state index in [2.05, 4.69) is 41.4 Å². The van der Waals surface area contributed by atoms with Crippen LogP contribution in [0.4, 0.5) is 4.39 Å². The summed E-state index contributed by atoms with van der Waals surface area (Å²) < 4.78 is 15.1. The number of amides is 3. The fraction of sp³-hybridized carbons (Fsp3) is 0.423. The molecule has 5 rings (SSSR count). The van der Waals surface area contributed by atoms with E-state index >= 15 is 4.39 Å². The van der Waals surface area contributed by atoms with Crippen LogP contribution in [0.2, 0.25) is 0 Å². The van der Waals surface area contributed by atoms with Crippen LogP contribution in [0, 0.1) is 12.7 Å². The number of halogens is 1. The van der Waals surface area contributed by atoms with E-state index in [4.69, 9.17) is 0 Å². The van der Waals surface area contributed by atoms with Crippen LogP contribution in [-0.4, -0.2) is 46.7 Å². The van der Waals surface area contributed by atoms with E-state index in [0.717, 1.165) is 38.0 Å². The van der Waals surface area contributed by atoms with Crippen LogP contribution in [0.3, 0.4) is 0 Å². The monoisotopic (exact) mass is 449 g/mol. The molecule has 1 N–H and O–H groups in total. The number of carbonyl (C=O) groups is 3. The van der Waals surface area contributed by atoms with E-state index in [-0.39, 0.29) is 36.5 Å². The summed E-state index contributed by atoms with van der Waals surface area (Å²) in [4.78, 5) is 40.5. The molecule has 3 amide bonds. The first-order valence-corrected chi connectivity index (χ1v) is 11.6. The average Bonchev–Trinajstić information content (AvgIpc) is 3.09. The van der Waals surface area contributed by atoms with Gasteiger partial charge in [-0.05, 0) is 68.0 Å². The van der Waals surface area contributed by atoms with Gasteiger partial charge in [-0.1, -0.05) is 35.9 Å². The van der Waals surface area contributed by atoms with Gasteiger partial charge < -0.3 is 4.90 Å². The molecule has 2 fully saturated rings. The maximum absolute atomic E-state index is 15.1. The highest BCUT2D eigenvalue weighted by Gasteiger charge is 2.40. The summed E-state index contributed by atoms with van der Waals surface area (Å²) in [5.41, 5.74) is 4.32. The molecule has 2 aromatic carbocycles. The van der Waals surface area contributed by atoms with Gasteiger partial charge in [0, 0.05) is 25.1 Å². The zero-order chi connectivity index (χ0) is 23.1. The Labute approximate surface area is 192 Å². The first kappa shape index (κ1) is 21.8. The van der Waals surface area contributed by atoms with Crippen LogP contribution in [0.1, 0.15) is 64.2 Å². The highest BCUT2D eigenvalue weighted by atomic mass is 19.1. The molecule has 0 spiro atoms. The Morgan fingerprint density at radius 2 is 1.85 bits per heavy atom. The quantitative estimate of drug-likeness (QED) is 0.728. The van der Waals surface area contributed by atoms with Crippen LogP contribution in [0.5, 0.6) is 0 Å². The lowest BCUT2D eigenvalue weighted by Crippen LogP contribution is -2.52. The van der Waals surface area contributed by atoms with Gasteiger partial charge in [0.15, 0.2) is 0 Å². The number of benzene rings is 2. The van der Waals surface area contributed by atoms with Gasteiger partial charge in [0.05, 0.1) is 0 Å². The molecule has 1 atom stereocenters. The van der Waals surface area contributed by atoms with Crippen molar-refractivity contribution in [2.24, 2.45) is 0 Å². The van der Waals surface area contributed by atoms with Crippen molar-refractivity contribution in [3.8, 4) is 0 Å². The van der Waals surface area contributed by atoms with Crippen molar-refractivity contribution < 1.29 is 18.8 Å². The molecule has 3 aliphatic rings. The Morgan fingerprint density at radius 1 is 1.06 bits per heavy atom. The Kier molecular flexibility index (Phi) is 5.74. The van der Waals surface area contributed by atoms with Gasteiger partial charge >= 0.3 is 0 Å². The highest BCUT2D eigenvalue weighted by Crippen LogP contribution is 2.35.